The number of nitrogens with zero attached hydrogens (tertiary/aromatic N) is 2. The molecule has 1 aliphatic rings. The number of rotatable bonds is 5. The minimum atomic E-state index is 0.161. The topological polar surface area (TPSA) is 99.1 Å². The Kier molecular flexibility index (Phi) is 3.40. The van der Waals surface area contributed by atoms with Gasteiger partial charge in [-0.1, -0.05) is 19.3 Å². The van der Waals surface area contributed by atoms with Crippen LogP contribution in [0.2, 0.25) is 0 Å². The highest BCUT2D eigenvalue weighted by atomic mass is 16.5. The van der Waals surface area contributed by atoms with Crippen LogP contribution in [0.25, 0.3) is 0 Å². The van der Waals surface area contributed by atoms with Gasteiger partial charge in [-0.2, -0.15) is 9.97 Å². The Labute approximate surface area is 94.4 Å². The summed E-state index contributed by atoms with van der Waals surface area (Å²) < 4.78 is 5.51. The van der Waals surface area contributed by atoms with Crippen LogP contribution in [0.3, 0.4) is 0 Å². The van der Waals surface area contributed by atoms with Gasteiger partial charge in [-0.05, 0) is 12.3 Å². The highest BCUT2D eigenvalue weighted by molar-refractivity contribution is 5.41. The van der Waals surface area contributed by atoms with Crippen LogP contribution in [-0.2, 0) is 0 Å². The first-order chi connectivity index (χ1) is 7.78. The molecule has 1 aromatic rings. The molecular weight excluding hydrogens is 206 g/mol. The first-order valence-electron chi connectivity index (χ1n) is 5.52. The molecule has 0 atom stereocenters. The lowest BCUT2D eigenvalue weighted by molar-refractivity contribution is 0.217. The van der Waals surface area contributed by atoms with Gasteiger partial charge in [0.15, 0.2) is 0 Å². The van der Waals surface area contributed by atoms with Gasteiger partial charge in [0.25, 0.3) is 0 Å². The van der Waals surface area contributed by atoms with Gasteiger partial charge in [-0.25, -0.2) is 5.84 Å². The molecule has 1 heterocycles. The molecule has 2 rings (SSSR count). The van der Waals surface area contributed by atoms with Gasteiger partial charge < -0.3 is 15.9 Å². The third-order valence-corrected chi connectivity index (χ3v) is 2.87. The van der Waals surface area contributed by atoms with Crippen LogP contribution < -0.4 is 21.7 Å². The van der Waals surface area contributed by atoms with E-state index in [2.05, 4.69) is 15.4 Å². The molecule has 0 spiro atoms. The van der Waals surface area contributed by atoms with Gasteiger partial charge in [-0.3, -0.25) is 0 Å². The largest absolute Gasteiger partial charge is 0.477 e. The number of anilines is 2. The summed E-state index contributed by atoms with van der Waals surface area (Å²) in [4.78, 5) is 7.84. The average Bonchev–Trinajstić information content (AvgIpc) is 2.21. The van der Waals surface area contributed by atoms with Crippen molar-refractivity contribution in [2.24, 2.45) is 11.8 Å². The van der Waals surface area contributed by atoms with Gasteiger partial charge >= 0.3 is 0 Å². The number of ether oxygens (including phenoxy) is 1. The van der Waals surface area contributed by atoms with Crippen LogP contribution in [0.5, 0.6) is 5.88 Å². The Morgan fingerprint density at radius 2 is 2.25 bits per heavy atom. The van der Waals surface area contributed by atoms with Crippen molar-refractivity contribution in [3.63, 3.8) is 0 Å². The fourth-order valence-electron chi connectivity index (χ4n) is 1.70. The molecule has 0 aliphatic heterocycles. The Morgan fingerprint density at radius 1 is 1.44 bits per heavy atom. The van der Waals surface area contributed by atoms with E-state index in [-0.39, 0.29) is 5.95 Å². The van der Waals surface area contributed by atoms with E-state index in [1.165, 1.54) is 19.3 Å². The van der Waals surface area contributed by atoms with E-state index in [1.807, 2.05) is 0 Å². The highest BCUT2D eigenvalue weighted by Crippen LogP contribution is 2.29. The molecule has 6 heteroatoms. The molecule has 6 nitrogen and oxygen atoms in total. The molecule has 0 amide bonds. The van der Waals surface area contributed by atoms with Crippen LogP contribution >= 0.6 is 0 Å². The molecule has 5 N–H and O–H groups in total. The van der Waals surface area contributed by atoms with E-state index >= 15 is 0 Å². The molecule has 16 heavy (non-hydrogen) atoms. The summed E-state index contributed by atoms with van der Waals surface area (Å²) in [6, 6.07) is 1.64. The quantitative estimate of drug-likeness (QED) is 0.507. The first kappa shape index (κ1) is 10.9. The first-order valence-corrected chi connectivity index (χ1v) is 5.52. The van der Waals surface area contributed by atoms with Crippen LogP contribution in [0.4, 0.5) is 11.8 Å². The fourth-order valence-corrected chi connectivity index (χ4v) is 1.70. The molecule has 0 saturated heterocycles. The van der Waals surface area contributed by atoms with E-state index < -0.39 is 0 Å². The SMILES string of the molecule is NNc1cc(OCCC2CCC2)nc(N)n1. The minimum Gasteiger partial charge on any atom is -0.477 e. The van der Waals surface area contributed by atoms with Crippen LogP contribution in [0, 0.1) is 5.92 Å². The summed E-state index contributed by atoms with van der Waals surface area (Å²) in [5.74, 6) is 7.17. The van der Waals surface area contributed by atoms with Crippen molar-refractivity contribution in [3.8, 4) is 5.88 Å². The standard InChI is InChI=1S/C10H17N5O/c11-10-13-8(15-12)6-9(14-10)16-5-4-7-2-1-3-7/h6-7H,1-5,12H2,(H3,11,13,14,15). The summed E-state index contributed by atoms with van der Waals surface area (Å²) in [5, 5.41) is 0. The Hall–Kier alpha value is -1.56. The summed E-state index contributed by atoms with van der Waals surface area (Å²) >= 11 is 0. The zero-order valence-electron chi connectivity index (χ0n) is 9.15. The highest BCUT2D eigenvalue weighted by Gasteiger charge is 2.17. The van der Waals surface area contributed by atoms with E-state index in [4.69, 9.17) is 16.3 Å². The summed E-state index contributed by atoms with van der Waals surface area (Å²) in [6.45, 7) is 0.672. The zero-order valence-corrected chi connectivity index (χ0v) is 9.15. The molecule has 0 bridgehead atoms. The zero-order chi connectivity index (χ0) is 11.4. The number of hydrogen-bond donors (Lipinski definition) is 3. The number of hydrazine groups is 1. The molecule has 1 saturated carbocycles. The lowest BCUT2D eigenvalue weighted by atomic mass is 9.83. The van der Waals surface area contributed by atoms with Crippen molar-refractivity contribution < 1.29 is 4.74 Å². The van der Waals surface area contributed by atoms with Crippen LogP contribution in [0.1, 0.15) is 25.7 Å². The van der Waals surface area contributed by atoms with E-state index in [1.54, 1.807) is 6.07 Å². The summed E-state index contributed by atoms with van der Waals surface area (Å²) in [6.07, 6.45) is 5.08. The molecule has 88 valence electrons. The van der Waals surface area contributed by atoms with Crippen molar-refractivity contribution in [2.75, 3.05) is 17.8 Å². The van der Waals surface area contributed by atoms with Gasteiger partial charge in [0.1, 0.15) is 5.82 Å². The van der Waals surface area contributed by atoms with Crippen LogP contribution in [-0.4, -0.2) is 16.6 Å². The molecular formula is C10H17N5O. The van der Waals surface area contributed by atoms with Crippen molar-refractivity contribution >= 4 is 11.8 Å². The smallest absolute Gasteiger partial charge is 0.225 e. The fraction of sp³-hybridized carbons (Fsp3) is 0.600. The number of nitrogen functional groups attached to an aromatic ring is 2. The van der Waals surface area contributed by atoms with Crippen LogP contribution in [0.15, 0.2) is 6.07 Å². The maximum Gasteiger partial charge on any atom is 0.225 e. The molecule has 1 aliphatic carbocycles. The van der Waals surface area contributed by atoms with Crippen molar-refractivity contribution in [1.29, 1.82) is 0 Å². The predicted octanol–water partition coefficient (Wildman–Crippen LogP) is 0.913. The summed E-state index contributed by atoms with van der Waals surface area (Å²) in [7, 11) is 0. The maximum atomic E-state index is 5.51. The second-order valence-electron chi connectivity index (χ2n) is 4.03. The molecule has 0 radical (unpaired) electrons. The average molecular weight is 223 g/mol. The molecule has 0 unspecified atom stereocenters. The lowest BCUT2D eigenvalue weighted by Crippen LogP contribution is -2.15. The molecule has 1 fully saturated rings. The van der Waals surface area contributed by atoms with E-state index in [0.717, 1.165) is 12.3 Å². The molecule has 0 aromatic carbocycles. The number of aromatic nitrogens is 2. The monoisotopic (exact) mass is 223 g/mol. The number of nitrogens with two attached hydrogens (primary N) is 2. The van der Waals surface area contributed by atoms with Crippen molar-refractivity contribution in [3.05, 3.63) is 6.07 Å². The van der Waals surface area contributed by atoms with Gasteiger partial charge in [-0.15, -0.1) is 0 Å². The van der Waals surface area contributed by atoms with Crippen molar-refractivity contribution in [2.45, 2.75) is 25.7 Å². The Bertz CT molecular complexity index is 353. The second-order valence-corrected chi connectivity index (χ2v) is 4.03. The van der Waals surface area contributed by atoms with Gasteiger partial charge in [0.2, 0.25) is 11.8 Å². The second kappa shape index (κ2) is 4.98. The Morgan fingerprint density at radius 3 is 2.88 bits per heavy atom. The van der Waals surface area contributed by atoms with Gasteiger partial charge in [0.05, 0.1) is 6.61 Å². The van der Waals surface area contributed by atoms with Crippen molar-refractivity contribution in [1.82, 2.24) is 9.97 Å². The third-order valence-electron chi connectivity index (χ3n) is 2.87. The Balaban J connectivity index is 1.84. The maximum absolute atomic E-state index is 5.51. The minimum absolute atomic E-state index is 0.161. The predicted molar refractivity (Wildman–Crippen MR) is 61.7 cm³/mol. The van der Waals surface area contributed by atoms with Gasteiger partial charge in [0, 0.05) is 6.07 Å². The molecule has 1 aromatic heterocycles. The lowest BCUT2D eigenvalue weighted by Gasteiger charge is -2.24. The summed E-state index contributed by atoms with van der Waals surface area (Å²) in [5.41, 5.74) is 7.92. The third kappa shape index (κ3) is 2.73. The number of hydrogen-bond acceptors (Lipinski definition) is 6. The van der Waals surface area contributed by atoms with E-state index in [9.17, 15) is 0 Å². The van der Waals surface area contributed by atoms with E-state index in [0.29, 0.717) is 18.3 Å². The number of nitrogens with one attached hydrogen (secondary N) is 1. The normalized spacial score (nSPS) is 15.6.